The maximum Gasteiger partial charge on any atom is 0.335 e. The van der Waals surface area contributed by atoms with Gasteiger partial charge in [0.1, 0.15) is 0 Å². The van der Waals surface area contributed by atoms with E-state index >= 15 is 0 Å². The zero-order valence-corrected chi connectivity index (χ0v) is 15.0. The molecule has 1 aliphatic rings. The molecule has 0 saturated heterocycles. The number of benzene rings is 2. The van der Waals surface area contributed by atoms with Crippen LogP contribution in [0, 0.1) is 0 Å². The summed E-state index contributed by atoms with van der Waals surface area (Å²) in [4.78, 5) is 13.5. The standard InChI is InChI=1S/C18H20N2O4S/c1-19(2)25(23,24)16-7-6-14-8-9-20(17(14)11-16)12-13-4-3-5-15(10-13)18(21)22/h3-7,10-11H,8-9,12H2,1-2H3,(H,21,22). The molecule has 0 bridgehead atoms. The lowest BCUT2D eigenvalue weighted by atomic mass is 10.1. The summed E-state index contributed by atoms with van der Waals surface area (Å²) >= 11 is 0. The van der Waals surface area contributed by atoms with Crippen molar-refractivity contribution in [1.82, 2.24) is 4.31 Å². The Morgan fingerprint density at radius 2 is 1.96 bits per heavy atom. The maximum absolute atomic E-state index is 12.4. The smallest absolute Gasteiger partial charge is 0.335 e. The molecule has 0 fully saturated rings. The minimum absolute atomic E-state index is 0.251. The molecule has 0 aliphatic carbocycles. The Labute approximate surface area is 147 Å². The molecule has 132 valence electrons. The molecule has 0 atom stereocenters. The first-order valence-electron chi connectivity index (χ1n) is 7.91. The Bertz CT molecular complexity index is 922. The van der Waals surface area contributed by atoms with Gasteiger partial charge in [-0.15, -0.1) is 0 Å². The van der Waals surface area contributed by atoms with Gasteiger partial charge in [0, 0.05) is 32.9 Å². The molecular formula is C18H20N2O4S. The van der Waals surface area contributed by atoms with Crippen molar-refractivity contribution in [2.45, 2.75) is 17.9 Å². The third-order valence-corrected chi connectivity index (χ3v) is 6.19. The molecule has 0 aromatic heterocycles. The van der Waals surface area contributed by atoms with Crippen LogP contribution in [0.4, 0.5) is 5.69 Å². The van der Waals surface area contributed by atoms with Gasteiger partial charge in [0.05, 0.1) is 10.5 Å². The van der Waals surface area contributed by atoms with E-state index in [4.69, 9.17) is 5.11 Å². The Morgan fingerprint density at radius 1 is 1.20 bits per heavy atom. The van der Waals surface area contributed by atoms with Crippen molar-refractivity contribution in [1.29, 1.82) is 0 Å². The molecule has 7 heteroatoms. The molecule has 2 aromatic carbocycles. The van der Waals surface area contributed by atoms with E-state index in [-0.39, 0.29) is 10.5 Å². The summed E-state index contributed by atoms with van der Waals surface area (Å²) in [6.07, 6.45) is 0.843. The monoisotopic (exact) mass is 360 g/mol. The van der Waals surface area contributed by atoms with Gasteiger partial charge in [0.15, 0.2) is 0 Å². The lowest BCUT2D eigenvalue weighted by Gasteiger charge is -2.21. The highest BCUT2D eigenvalue weighted by Crippen LogP contribution is 2.32. The van der Waals surface area contributed by atoms with Gasteiger partial charge in [-0.3, -0.25) is 0 Å². The van der Waals surface area contributed by atoms with Crippen LogP contribution in [0.15, 0.2) is 47.4 Å². The Morgan fingerprint density at radius 3 is 2.64 bits per heavy atom. The van der Waals surface area contributed by atoms with Gasteiger partial charge in [-0.05, 0) is 41.8 Å². The Hall–Kier alpha value is -2.38. The lowest BCUT2D eigenvalue weighted by molar-refractivity contribution is 0.0696. The molecule has 2 aromatic rings. The van der Waals surface area contributed by atoms with Crippen molar-refractivity contribution < 1.29 is 18.3 Å². The van der Waals surface area contributed by atoms with Crippen LogP contribution in [-0.4, -0.2) is 44.4 Å². The number of rotatable bonds is 5. The molecule has 0 radical (unpaired) electrons. The van der Waals surface area contributed by atoms with Crippen LogP contribution in [0.3, 0.4) is 0 Å². The summed E-state index contributed by atoms with van der Waals surface area (Å²) in [5, 5.41) is 9.12. The average molecular weight is 360 g/mol. The van der Waals surface area contributed by atoms with Crippen molar-refractivity contribution >= 4 is 21.7 Å². The molecule has 0 unspecified atom stereocenters. The van der Waals surface area contributed by atoms with Crippen LogP contribution in [-0.2, 0) is 23.0 Å². The van der Waals surface area contributed by atoms with Crippen LogP contribution in [0.25, 0.3) is 0 Å². The number of hydrogen-bond acceptors (Lipinski definition) is 4. The second kappa shape index (κ2) is 6.50. The van der Waals surface area contributed by atoms with Gasteiger partial charge >= 0.3 is 5.97 Å². The number of carbonyl (C=O) groups is 1. The minimum atomic E-state index is -3.48. The SMILES string of the molecule is CN(C)S(=O)(=O)c1ccc2c(c1)N(Cc1cccc(C(=O)O)c1)CC2. The number of fused-ring (bicyclic) bond motifs is 1. The topological polar surface area (TPSA) is 77.9 Å². The number of sulfonamides is 1. The molecule has 0 spiro atoms. The number of hydrogen-bond donors (Lipinski definition) is 1. The fourth-order valence-corrected chi connectivity index (χ4v) is 3.91. The van der Waals surface area contributed by atoms with E-state index in [1.54, 1.807) is 30.3 Å². The van der Waals surface area contributed by atoms with E-state index in [9.17, 15) is 13.2 Å². The third-order valence-electron chi connectivity index (χ3n) is 4.37. The van der Waals surface area contributed by atoms with Crippen LogP contribution in [0.2, 0.25) is 0 Å². The molecule has 25 heavy (non-hydrogen) atoms. The highest BCUT2D eigenvalue weighted by Gasteiger charge is 2.24. The summed E-state index contributed by atoms with van der Waals surface area (Å²) in [6.45, 7) is 1.32. The van der Waals surface area contributed by atoms with Crippen molar-refractivity contribution in [2.24, 2.45) is 0 Å². The largest absolute Gasteiger partial charge is 0.478 e. The van der Waals surface area contributed by atoms with Gasteiger partial charge in [0.25, 0.3) is 0 Å². The lowest BCUT2D eigenvalue weighted by Crippen LogP contribution is -2.23. The molecule has 1 heterocycles. The highest BCUT2D eigenvalue weighted by atomic mass is 32.2. The molecule has 3 rings (SSSR count). The summed E-state index contributed by atoms with van der Waals surface area (Å²) in [5.41, 5.74) is 3.13. The summed E-state index contributed by atoms with van der Waals surface area (Å²) in [5.74, 6) is -0.956. The van der Waals surface area contributed by atoms with Crippen molar-refractivity contribution in [3.63, 3.8) is 0 Å². The second-order valence-corrected chi connectivity index (χ2v) is 8.41. The van der Waals surface area contributed by atoms with Gasteiger partial charge in [-0.1, -0.05) is 18.2 Å². The molecule has 0 saturated carbocycles. The quantitative estimate of drug-likeness (QED) is 0.884. The first kappa shape index (κ1) is 17.4. The number of aromatic carboxylic acids is 1. The van der Waals surface area contributed by atoms with E-state index < -0.39 is 16.0 Å². The number of carboxylic acids is 1. The Kier molecular flexibility index (Phi) is 4.53. The molecule has 1 aliphatic heterocycles. The molecule has 0 amide bonds. The van der Waals surface area contributed by atoms with E-state index in [0.717, 1.165) is 29.8 Å². The van der Waals surface area contributed by atoms with Crippen LogP contribution in [0.5, 0.6) is 0 Å². The van der Waals surface area contributed by atoms with Gasteiger partial charge in [0.2, 0.25) is 10.0 Å². The van der Waals surface area contributed by atoms with Gasteiger partial charge in [-0.25, -0.2) is 17.5 Å². The van der Waals surface area contributed by atoms with Crippen LogP contribution in [0.1, 0.15) is 21.5 Å². The number of nitrogens with zero attached hydrogens (tertiary/aromatic N) is 2. The van der Waals surface area contributed by atoms with Crippen molar-refractivity contribution in [2.75, 3.05) is 25.5 Å². The Balaban J connectivity index is 1.91. The number of carboxylic acid groups (broad SMARTS) is 1. The normalized spacial score (nSPS) is 14.0. The highest BCUT2D eigenvalue weighted by molar-refractivity contribution is 7.89. The zero-order valence-electron chi connectivity index (χ0n) is 14.1. The minimum Gasteiger partial charge on any atom is -0.478 e. The fraction of sp³-hybridized carbons (Fsp3) is 0.278. The van der Waals surface area contributed by atoms with E-state index in [0.29, 0.717) is 6.54 Å². The summed E-state index contributed by atoms with van der Waals surface area (Å²) < 4.78 is 25.9. The molecular weight excluding hydrogens is 340 g/mol. The molecule has 1 N–H and O–H groups in total. The van der Waals surface area contributed by atoms with Gasteiger partial charge < -0.3 is 10.0 Å². The summed E-state index contributed by atoms with van der Waals surface area (Å²) in [7, 11) is -0.460. The maximum atomic E-state index is 12.4. The number of anilines is 1. The average Bonchev–Trinajstić information content (AvgIpc) is 2.97. The van der Waals surface area contributed by atoms with E-state index in [1.807, 2.05) is 12.1 Å². The van der Waals surface area contributed by atoms with E-state index in [2.05, 4.69) is 4.90 Å². The first-order chi connectivity index (χ1) is 11.8. The summed E-state index contributed by atoms with van der Waals surface area (Å²) in [6, 6.07) is 12.0. The predicted molar refractivity (Wildman–Crippen MR) is 95.5 cm³/mol. The van der Waals surface area contributed by atoms with Crippen LogP contribution < -0.4 is 4.90 Å². The second-order valence-electron chi connectivity index (χ2n) is 6.26. The van der Waals surface area contributed by atoms with Gasteiger partial charge in [-0.2, -0.15) is 0 Å². The predicted octanol–water partition coefficient (Wildman–Crippen LogP) is 2.20. The van der Waals surface area contributed by atoms with Crippen LogP contribution >= 0.6 is 0 Å². The van der Waals surface area contributed by atoms with Crippen molar-refractivity contribution in [3.8, 4) is 0 Å². The first-order valence-corrected chi connectivity index (χ1v) is 9.35. The third kappa shape index (κ3) is 3.38. The molecule has 6 nitrogen and oxygen atoms in total. The fourth-order valence-electron chi connectivity index (χ4n) is 2.98. The zero-order chi connectivity index (χ0) is 18.2. The van der Waals surface area contributed by atoms with E-state index in [1.165, 1.54) is 18.4 Å². The van der Waals surface area contributed by atoms with Crippen molar-refractivity contribution in [3.05, 3.63) is 59.2 Å².